The molecule has 1 aliphatic rings. The zero-order valence-electron chi connectivity index (χ0n) is 10.8. The molecule has 1 aromatic heterocycles. The highest BCUT2D eigenvalue weighted by atomic mass is 79.9. The topological polar surface area (TPSA) is 52.7 Å². The Morgan fingerprint density at radius 1 is 1.47 bits per heavy atom. The number of hydrogen-bond donors (Lipinski definition) is 1. The summed E-state index contributed by atoms with van der Waals surface area (Å²) in [6.07, 6.45) is 0.859. The summed E-state index contributed by atoms with van der Waals surface area (Å²) in [4.78, 5) is 1.03. The second-order valence-corrected chi connectivity index (χ2v) is 8.44. The minimum atomic E-state index is -3.36. The van der Waals surface area contributed by atoms with Crippen molar-refractivity contribution in [1.29, 1.82) is 0 Å². The van der Waals surface area contributed by atoms with E-state index in [2.05, 4.69) is 21.2 Å². The molecule has 0 unspecified atom stereocenters. The Balaban J connectivity index is 2.05. The molecule has 0 amide bonds. The second kappa shape index (κ2) is 6.64. The van der Waals surface area contributed by atoms with Gasteiger partial charge in [0.15, 0.2) is 0 Å². The number of nitrogens with zero attached hydrogens (tertiary/aromatic N) is 2. The van der Waals surface area contributed by atoms with Gasteiger partial charge in [-0.2, -0.15) is 17.0 Å². The van der Waals surface area contributed by atoms with Gasteiger partial charge in [-0.1, -0.05) is 0 Å². The molecule has 1 saturated heterocycles. The molecule has 1 aromatic rings. The summed E-state index contributed by atoms with van der Waals surface area (Å²) in [5.74, 6) is 0. The SMILES string of the molecule is CN(Cc1cc(Br)cs1)S(=O)(=O)N1CCCNCC1. The summed E-state index contributed by atoms with van der Waals surface area (Å²) in [6.45, 7) is 3.16. The quantitative estimate of drug-likeness (QED) is 0.876. The van der Waals surface area contributed by atoms with E-state index in [-0.39, 0.29) is 0 Å². The average molecular weight is 368 g/mol. The minimum Gasteiger partial charge on any atom is -0.315 e. The highest BCUT2D eigenvalue weighted by molar-refractivity contribution is 9.10. The first kappa shape index (κ1) is 15.4. The van der Waals surface area contributed by atoms with Gasteiger partial charge in [0.2, 0.25) is 0 Å². The van der Waals surface area contributed by atoms with Crippen LogP contribution in [0.25, 0.3) is 0 Å². The normalized spacial score (nSPS) is 18.7. The summed E-state index contributed by atoms with van der Waals surface area (Å²) in [5.41, 5.74) is 0. The summed E-state index contributed by atoms with van der Waals surface area (Å²) in [6, 6.07) is 1.96. The van der Waals surface area contributed by atoms with Crippen molar-refractivity contribution in [3.8, 4) is 0 Å². The van der Waals surface area contributed by atoms with E-state index < -0.39 is 10.2 Å². The Bertz CT molecular complexity index is 510. The second-order valence-electron chi connectivity index (χ2n) is 4.50. The Kier molecular flexibility index (Phi) is 5.38. The molecule has 5 nitrogen and oxygen atoms in total. The van der Waals surface area contributed by atoms with Gasteiger partial charge in [-0.3, -0.25) is 0 Å². The van der Waals surface area contributed by atoms with Gasteiger partial charge in [-0.25, -0.2) is 0 Å². The molecule has 0 bridgehead atoms. The lowest BCUT2D eigenvalue weighted by Gasteiger charge is -2.25. The zero-order chi connectivity index (χ0) is 13.9. The summed E-state index contributed by atoms with van der Waals surface area (Å²) < 4.78 is 28.9. The molecule has 0 atom stereocenters. The van der Waals surface area contributed by atoms with Crippen molar-refractivity contribution in [1.82, 2.24) is 13.9 Å². The first-order valence-electron chi connectivity index (χ1n) is 6.15. The lowest BCUT2D eigenvalue weighted by Crippen LogP contribution is -2.43. The third-order valence-electron chi connectivity index (χ3n) is 3.02. The molecule has 108 valence electrons. The van der Waals surface area contributed by atoms with Crippen LogP contribution in [0.4, 0.5) is 0 Å². The first-order chi connectivity index (χ1) is 9.00. The van der Waals surface area contributed by atoms with E-state index in [1.165, 1.54) is 4.31 Å². The standard InChI is InChI=1S/C11H18BrN3O2S2/c1-14(8-11-7-10(12)9-18-11)19(16,17)15-5-2-3-13-4-6-15/h7,9,13H,2-6,8H2,1H3. The number of hydrogen-bond acceptors (Lipinski definition) is 4. The Morgan fingerprint density at radius 2 is 2.26 bits per heavy atom. The molecule has 19 heavy (non-hydrogen) atoms. The molecule has 0 aliphatic carbocycles. The molecule has 2 heterocycles. The number of nitrogens with one attached hydrogen (secondary N) is 1. The van der Waals surface area contributed by atoms with Crippen LogP contribution in [0, 0.1) is 0 Å². The van der Waals surface area contributed by atoms with E-state index in [1.54, 1.807) is 22.7 Å². The maximum atomic E-state index is 12.5. The van der Waals surface area contributed by atoms with Crippen LogP contribution in [0.1, 0.15) is 11.3 Å². The van der Waals surface area contributed by atoms with Crippen LogP contribution in [0.5, 0.6) is 0 Å². The number of rotatable bonds is 4. The maximum Gasteiger partial charge on any atom is 0.282 e. The predicted molar refractivity (Wildman–Crippen MR) is 81.5 cm³/mol. The van der Waals surface area contributed by atoms with Crippen molar-refractivity contribution in [2.24, 2.45) is 0 Å². The Labute approximate surface area is 126 Å². The van der Waals surface area contributed by atoms with Crippen LogP contribution in [-0.4, -0.2) is 50.3 Å². The maximum absolute atomic E-state index is 12.5. The van der Waals surface area contributed by atoms with Crippen LogP contribution in [0.15, 0.2) is 15.9 Å². The van der Waals surface area contributed by atoms with Crippen LogP contribution in [0.2, 0.25) is 0 Å². The van der Waals surface area contributed by atoms with Crippen LogP contribution in [0.3, 0.4) is 0 Å². The van der Waals surface area contributed by atoms with E-state index in [1.807, 2.05) is 11.4 Å². The molecule has 0 saturated carbocycles. The Hall–Kier alpha value is 0.01000. The molecular weight excluding hydrogens is 350 g/mol. The fourth-order valence-corrected chi connectivity index (χ4v) is 4.95. The lowest BCUT2D eigenvalue weighted by atomic mass is 10.4. The van der Waals surface area contributed by atoms with Crippen molar-refractivity contribution in [2.45, 2.75) is 13.0 Å². The van der Waals surface area contributed by atoms with E-state index in [0.717, 1.165) is 28.9 Å². The van der Waals surface area contributed by atoms with E-state index in [0.29, 0.717) is 19.6 Å². The van der Waals surface area contributed by atoms with Gasteiger partial charge in [-0.05, 0) is 35.0 Å². The van der Waals surface area contributed by atoms with Crippen LogP contribution in [-0.2, 0) is 16.8 Å². The lowest BCUT2D eigenvalue weighted by molar-refractivity contribution is 0.369. The van der Waals surface area contributed by atoms with Crippen molar-refractivity contribution in [2.75, 3.05) is 33.2 Å². The van der Waals surface area contributed by atoms with Gasteiger partial charge in [0.05, 0.1) is 0 Å². The molecule has 2 rings (SSSR count). The summed E-state index contributed by atoms with van der Waals surface area (Å²) in [5, 5.41) is 5.18. The molecule has 0 spiro atoms. The highest BCUT2D eigenvalue weighted by Gasteiger charge is 2.27. The highest BCUT2D eigenvalue weighted by Crippen LogP contribution is 2.22. The monoisotopic (exact) mass is 367 g/mol. The molecule has 1 aliphatic heterocycles. The molecule has 1 fully saturated rings. The fraction of sp³-hybridized carbons (Fsp3) is 0.636. The van der Waals surface area contributed by atoms with Gasteiger partial charge >= 0.3 is 0 Å². The van der Waals surface area contributed by atoms with Crippen LogP contribution >= 0.6 is 27.3 Å². The van der Waals surface area contributed by atoms with Crippen molar-refractivity contribution in [3.63, 3.8) is 0 Å². The molecule has 1 N–H and O–H groups in total. The average Bonchev–Trinajstić information content (AvgIpc) is 2.63. The largest absolute Gasteiger partial charge is 0.315 e. The van der Waals surface area contributed by atoms with E-state index in [4.69, 9.17) is 0 Å². The van der Waals surface area contributed by atoms with Crippen molar-refractivity contribution >= 4 is 37.5 Å². The molecule has 0 radical (unpaired) electrons. The summed E-state index contributed by atoms with van der Waals surface area (Å²) in [7, 11) is -1.72. The zero-order valence-corrected chi connectivity index (χ0v) is 14.0. The number of thiophene rings is 1. The molecular formula is C11H18BrN3O2S2. The predicted octanol–water partition coefficient (Wildman–Crippen LogP) is 1.48. The van der Waals surface area contributed by atoms with Crippen molar-refractivity contribution < 1.29 is 8.42 Å². The molecule has 0 aromatic carbocycles. The first-order valence-corrected chi connectivity index (χ1v) is 9.22. The molecule has 8 heteroatoms. The minimum absolute atomic E-state index is 0.419. The van der Waals surface area contributed by atoms with Gasteiger partial charge in [0.1, 0.15) is 0 Å². The van der Waals surface area contributed by atoms with Gasteiger partial charge in [-0.15, -0.1) is 11.3 Å². The van der Waals surface area contributed by atoms with E-state index >= 15 is 0 Å². The Morgan fingerprint density at radius 3 is 2.95 bits per heavy atom. The van der Waals surface area contributed by atoms with Crippen LogP contribution < -0.4 is 5.32 Å². The smallest absolute Gasteiger partial charge is 0.282 e. The van der Waals surface area contributed by atoms with Crippen molar-refractivity contribution in [3.05, 3.63) is 20.8 Å². The third kappa shape index (κ3) is 3.99. The van der Waals surface area contributed by atoms with Gasteiger partial charge < -0.3 is 5.32 Å². The fourth-order valence-electron chi connectivity index (χ4n) is 1.99. The summed E-state index contributed by atoms with van der Waals surface area (Å²) >= 11 is 4.94. The van der Waals surface area contributed by atoms with Gasteiger partial charge in [0.25, 0.3) is 10.2 Å². The number of halogens is 1. The van der Waals surface area contributed by atoms with Gasteiger partial charge in [0, 0.05) is 48.0 Å². The third-order valence-corrected chi connectivity index (χ3v) is 6.64. The van der Waals surface area contributed by atoms with E-state index in [9.17, 15) is 8.42 Å².